The van der Waals surface area contributed by atoms with E-state index >= 15 is 0 Å². The third kappa shape index (κ3) is 5.87. The van der Waals surface area contributed by atoms with Crippen LogP contribution in [0.25, 0.3) is 0 Å². The predicted octanol–water partition coefficient (Wildman–Crippen LogP) is 5.73. The minimum absolute atomic E-state index is 0.0236. The number of carbonyl (C=O) groups is 2. The molecule has 7 heteroatoms. The Labute approximate surface area is 184 Å². The lowest BCUT2D eigenvalue weighted by Gasteiger charge is -2.34. The molecule has 2 aromatic rings. The van der Waals surface area contributed by atoms with Crippen molar-refractivity contribution in [1.82, 2.24) is 10.1 Å². The van der Waals surface area contributed by atoms with Crippen LogP contribution in [0.4, 0.5) is 16.3 Å². The zero-order valence-corrected chi connectivity index (χ0v) is 19.0. The lowest BCUT2D eigenvalue weighted by Crippen LogP contribution is -2.47. The van der Waals surface area contributed by atoms with Crippen LogP contribution < -0.4 is 10.6 Å². The molecule has 1 fully saturated rings. The number of carbonyl (C=O) groups excluding carboxylic acids is 2. The van der Waals surface area contributed by atoms with Gasteiger partial charge in [-0.15, -0.1) is 0 Å². The molecule has 0 bridgehead atoms. The number of nitrogens with one attached hydrogen (secondary N) is 2. The fraction of sp³-hybridized carbons (Fsp3) is 0.542. The summed E-state index contributed by atoms with van der Waals surface area (Å²) in [4.78, 5) is 27.8. The Balaban J connectivity index is 1.84. The molecule has 0 spiro atoms. The molecule has 1 aliphatic rings. The largest absolute Gasteiger partial charge is 0.363 e. The summed E-state index contributed by atoms with van der Waals surface area (Å²) in [6.45, 7) is 8.47. The van der Waals surface area contributed by atoms with Crippen molar-refractivity contribution in [1.29, 1.82) is 0 Å². The van der Waals surface area contributed by atoms with E-state index in [4.69, 9.17) is 4.52 Å². The van der Waals surface area contributed by atoms with Crippen molar-refractivity contribution in [2.24, 2.45) is 0 Å². The van der Waals surface area contributed by atoms with Crippen molar-refractivity contribution in [2.75, 3.05) is 17.2 Å². The molecular weight excluding hydrogens is 392 g/mol. The fourth-order valence-corrected chi connectivity index (χ4v) is 4.25. The van der Waals surface area contributed by atoms with Crippen LogP contribution in [0.3, 0.4) is 0 Å². The molecule has 2 N–H and O–H groups in total. The number of nitrogens with zero attached hydrogens (tertiary/aromatic N) is 2. The van der Waals surface area contributed by atoms with E-state index < -0.39 is 0 Å². The van der Waals surface area contributed by atoms with Crippen LogP contribution in [-0.4, -0.2) is 34.6 Å². The number of benzene rings is 1. The molecule has 1 heterocycles. The summed E-state index contributed by atoms with van der Waals surface area (Å²) >= 11 is 0. The van der Waals surface area contributed by atoms with Gasteiger partial charge in [-0.25, -0.2) is 4.79 Å². The monoisotopic (exact) mass is 426 g/mol. The van der Waals surface area contributed by atoms with Crippen molar-refractivity contribution in [3.8, 4) is 0 Å². The van der Waals surface area contributed by atoms with E-state index in [0.717, 1.165) is 42.5 Å². The van der Waals surface area contributed by atoms with Gasteiger partial charge in [0.15, 0.2) is 5.82 Å². The summed E-state index contributed by atoms with van der Waals surface area (Å²) in [5, 5.41) is 9.60. The number of hydrogen-bond acceptors (Lipinski definition) is 4. The summed E-state index contributed by atoms with van der Waals surface area (Å²) in [6.07, 6.45) is 6.53. The molecule has 1 aromatic carbocycles. The van der Waals surface area contributed by atoms with Crippen LogP contribution in [0, 0.1) is 0 Å². The lowest BCUT2D eigenvalue weighted by molar-refractivity contribution is -0.117. The Bertz CT molecular complexity index is 845. The first-order chi connectivity index (χ1) is 14.9. The highest BCUT2D eigenvalue weighted by atomic mass is 16.5. The van der Waals surface area contributed by atoms with E-state index in [1.807, 2.05) is 6.07 Å². The molecule has 1 aliphatic carbocycles. The zero-order chi connectivity index (χ0) is 22.4. The van der Waals surface area contributed by atoms with Gasteiger partial charge in [0.2, 0.25) is 5.91 Å². The van der Waals surface area contributed by atoms with Crippen LogP contribution in [0.15, 0.2) is 35.1 Å². The molecule has 31 heavy (non-hydrogen) atoms. The minimum Gasteiger partial charge on any atom is -0.363 e. The second-order valence-electron chi connectivity index (χ2n) is 8.90. The predicted molar refractivity (Wildman–Crippen MR) is 122 cm³/mol. The van der Waals surface area contributed by atoms with E-state index in [0.29, 0.717) is 5.82 Å². The smallest absolute Gasteiger partial charge is 0.322 e. The average molecular weight is 427 g/mol. The van der Waals surface area contributed by atoms with Crippen molar-refractivity contribution in [2.45, 2.75) is 77.7 Å². The molecule has 1 aromatic heterocycles. The van der Waals surface area contributed by atoms with Crippen LogP contribution >= 0.6 is 0 Å². The second-order valence-corrected chi connectivity index (χ2v) is 8.90. The number of rotatable bonds is 7. The van der Waals surface area contributed by atoms with Gasteiger partial charge >= 0.3 is 6.03 Å². The molecular formula is C24H34N4O3. The Kier molecular flexibility index (Phi) is 7.71. The summed E-state index contributed by atoms with van der Waals surface area (Å²) in [5.74, 6) is 0.609. The number of aromatic nitrogens is 1. The van der Waals surface area contributed by atoms with Gasteiger partial charge in [0.1, 0.15) is 12.8 Å². The van der Waals surface area contributed by atoms with Crippen LogP contribution in [0.2, 0.25) is 0 Å². The van der Waals surface area contributed by atoms with Crippen LogP contribution in [-0.2, 0) is 4.79 Å². The summed E-state index contributed by atoms with van der Waals surface area (Å²) < 4.78 is 4.78. The molecule has 1 saturated carbocycles. The maximum absolute atomic E-state index is 13.5. The molecule has 3 rings (SSSR count). The topological polar surface area (TPSA) is 87.5 Å². The van der Waals surface area contributed by atoms with E-state index in [1.54, 1.807) is 11.0 Å². The minimum atomic E-state index is -0.282. The van der Waals surface area contributed by atoms with Crippen LogP contribution in [0.5, 0.6) is 0 Å². The van der Waals surface area contributed by atoms with Gasteiger partial charge in [-0.05, 0) is 35.8 Å². The third-order valence-corrected chi connectivity index (χ3v) is 5.90. The van der Waals surface area contributed by atoms with Gasteiger partial charge in [0.05, 0.1) is 0 Å². The average Bonchev–Trinajstić information content (AvgIpc) is 3.25. The van der Waals surface area contributed by atoms with E-state index in [9.17, 15) is 9.59 Å². The zero-order valence-electron chi connectivity index (χ0n) is 19.0. The standard InChI is InChI=1S/C24H34N4O3/c1-16(2)19-11-8-12-20(17(3)4)23(19)26-24(30)28(18-9-6-5-7-10-18)15-22(29)25-21-13-14-31-27-21/h8,11-14,16-18H,5-7,9-10,15H2,1-4H3,(H,26,30)(H,25,27,29). The summed E-state index contributed by atoms with van der Waals surface area (Å²) in [7, 11) is 0. The third-order valence-electron chi connectivity index (χ3n) is 5.90. The maximum atomic E-state index is 13.5. The number of para-hydroxylation sites is 1. The van der Waals surface area contributed by atoms with Crippen molar-refractivity contribution < 1.29 is 14.1 Å². The Morgan fingerprint density at radius 1 is 1.03 bits per heavy atom. The lowest BCUT2D eigenvalue weighted by atomic mass is 9.92. The first-order valence-corrected chi connectivity index (χ1v) is 11.3. The van der Waals surface area contributed by atoms with Crippen molar-refractivity contribution in [3.05, 3.63) is 41.7 Å². The Morgan fingerprint density at radius 3 is 2.23 bits per heavy atom. The maximum Gasteiger partial charge on any atom is 0.322 e. The Morgan fingerprint density at radius 2 is 1.68 bits per heavy atom. The molecule has 168 valence electrons. The first-order valence-electron chi connectivity index (χ1n) is 11.3. The molecule has 7 nitrogen and oxygen atoms in total. The highest BCUT2D eigenvalue weighted by Crippen LogP contribution is 2.33. The highest BCUT2D eigenvalue weighted by Gasteiger charge is 2.29. The molecule has 0 atom stereocenters. The van der Waals surface area contributed by atoms with Crippen molar-refractivity contribution >= 4 is 23.4 Å². The van der Waals surface area contributed by atoms with Gasteiger partial charge in [-0.3, -0.25) is 4.79 Å². The van der Waals surface area contributed by atoms with Crippen molar-refractivity contribution in [3.63, 3.8) is 0 Å². The van der Waals surface area contributed by atoms with Gasteiger partial charge in [-0.2, -0.15) is 0 Å². The SMILES string of the molecule is CC(C)c1cccc(C(C)C)c1NC(=O)N(CC(=O)Nc1ccon1)C1CCCCC1. The van der Waals surface area contributed by atoms with E-state index in [-0.39, 0.29) is 36.4 Å². The highest BCUT2D eigenvalue weighted by molar-refractivity contribution is 5.97. The quantitative estimate of drug-likeness (QED) is 0.592. The van der Waals surface area contributed by atoms with E-state index in [2.05, 4.69) is 55.6 Å². The summed E-state index contributed by atoms with van der Waals surface area (Å²) in [6, 6.07) is 7.58. The summed E-state index contributed by atoms with van der Waals surface area (Å²) in [5.41, 5.74) is 3.08. The molecule has 0 unspecified atom stereocenters. The normalized spacial score (nSPS) is 14.6. The molecule has 0 saturated heterocycles. The second kappa shape index (κ2) is 10.5. The molecule has 3 amide bonds. The van der Waals surface area contributed by atoms with E-state index in [1.165, 1.54) is 12.7 Å². The number of amides is 3. The fourth-order valence-electron chi connectivity index (χ4n) is 4.25. The van der Waals surface area contributed by atoms with Crippen LogP contribution in [0.1, 0.15) is 82.8 Å². The van der Waals surface area contributed by atoms with Gasteiger partial charge in [0, 0.05) is 17.8 Å². The first kappa shape index (κ1) is 22.8. The number of urea groups is 1. The molecule has 0 radical (unpaired) electrons. The molecule has 0 aliphatic heterocycles. The van der Waals surface area contributed by atoms with Gasteiger partial charge in [0.25, 0.3) is 0 Å². The number of hydrogen-bond donors (Lipinski definition) is 2. The Hall–Kier alpha value is -2.83. The van der Waals surface area contributed by atoms with Gasteiger partial charge in [-0.1, -0.05) is 70.3 Å². The van der Waals surface area contributed by atoms with Gasteiger partial charge < -0.3 is 20.1 Å². The number of anilines is 2.